The smallest absolute Gasteiger partial charge is 0.276 e. The van der Waals surface area contributed by atoms with Crippen molar-refractivity contribution >= 4 is 27.7 Å². The molecule has 0 bridgehead atoms. The third kappa shape index (κ3) is 8.61. The van der Waals surface area contributed by atoms with E-state index in [4.69, 9.17) is 9.47 Å². The molecule has 0 atom stereocenters. The van der Waals surface area contributed by atoms with Crippen LogP contribution in [0.1, 0.15) is 68.3 Å². The third-order valence-corrected chi connectivity index (χ3v) is 5.30. The molecule has 0 saturated heterocycles. The third-order valence-electron chi connectivity index (χ3n) is 4.68. The van der Waals surface area contributed by atoms with Gasteiger partial charge in [0.25, 0.3) is 11.8 Å². The Bertz CT molecular complexity index is 853. The van der Waals surface area contributed by atoms with Crippen molar-refractivity contribution in [1.29, 1.82) is 0 Å². The molecule has 2 N–H and O–H groups in total. The van der Waals surface area contributed by atoms with Crippen molar-refractivity contribution in [2.45, 2.75) is 52.4 Å². The Morgan fingerprint density at radius 2 is 1.71 bits per heavy atom. The summed E-state index contributed by atoms with van der Waals surface area (Å²) in [4.78, 5) is 24.3. The number of amides is 2. The highest BCUT2D eigenvalue weighted by Gasteiger charge is 2.11. The van der Waals surface area contributed by atoms with Crippen LogP contribution in [0.25, 0.3) is 0 Å². The maximum absolute atomic E-state index is 12.3. The van der Waals surface area contributed by atoms with Crippen LogP contribution in [0.4, 0.5) is 0 Å². The summed E-state index contributed by atoms with van der Waals surface area (Å²) in [5.74, 6) is 0.838. The lowest BCUT2D eigenvalue weighted by molar-refractivity contribution is -0.123. The Kier molecular flexibility index (Phi) is 10.4. The summed E-state index contributed by atoms with van der Waals surface area (Å²) in [7, 11) is 0. The topological polar surface area (TPSA) is 76.7 Å². The lowest BCUT2D eigenvalue weighted by Crippen LogP contribution is -2.43. The molecule has 0 aliphatic carbocycles. The zero-order valence-electron chi connectivity index (χ0n) is 18.4. The highest BCUT2D eigenvalue weighted by atomic mass is 79.9. The number of hydrazine groups is 1. The number of carbonyl (C=O) groups is 2. The number of halogens is 1. The van der Waals surface area contributed by atoms with Crippen LogP contribution in [0.15, 0.2) is 46.9 Å². The first-order chi connectivity index (χ1) is 14.9. The number of rotatable bonds is 11. The molecular weight excluding hydrogens is 460 g/mol. The predicted molar refractivity (Wildman–Crippen MR) is 125 cm³/mol. The van der Waals surface area contributed by atoms with Crippen LogP contribution in [0.3, 0.4) is 0 Å². The summed E-state index contributed by atoms with van der Waals surface area (Å²) in [5, 5.41) is 0. The van der Waals surface area contributed by atoms with Gasteiger partial charge >= 0.3 is 0 Å². The van der Waals surface area contributed by atoms with Crippen LogP contribution < -0.4 is 20.3 Å². The molecule has 0 radical (unpaired) electrons. The van der Waals surface area contributed by atoms with E-state index in [2.05, 4.69) is 47.6 Å². The average Bonchev–Trinajstić information content (AvgIpc) is 2.77. The molecule has 0 unspecified atom stereocenters. The fraction of sp³-hybridized carbons (Fsp3) is 0.417. The number of ether oxygens (including phenoxy) is 2. The predicted octanol–water partition coefficient (Wildman–Crippen LogP) is 5.37. The van der Waals surface area contributed by atoms with Crippen LogP contribution in [0, 0.1) is 0 Å². The first kappa shape index (κ1) is 24.7. The van der Waals surface area contributed by atoms with Gasteiger partial charge in [0.1, 0.15) is 11.5 Å². The molecule has 2 amide bonds. The quantitative estimate of drug-likeness (QED) is 0.327. The van der Waals surface area contributed by atoms with Gasteiger partial charge in [-0.2, -0.15) is 0 Å². The fourth-order valence-corrected chi connectivity index (χ4v) is 3.30. The summed E-state index contributed by atoms with van der Waals surface area (Å²) in [6.07, 6.45) is 4.52. The summed E-state index contributed by atoms with van der Waals surface area (Å²) in [5.41, 5.74) is 6.35. The van der Waals surface area contributed by atoms with Gasteiger partial charge in [-0.1, -0.05) is 52.2 Å². The zero-order valence-corrected chi connectivity index (χ0v) is 20.0. The summed E-state index contributed by atoms with van der Waals surface area (Å²) in [6.45, 7) is 6.83. The van der Waals surface area contributed by atoms with E-state index in [0.717, 1.165) is 12.8 Å². The van der Waals surface area contributed by atoms with E-state index < -0.39 is 11.8 Å². The van der Waals surface area contributed by atoms with E-state index in [1.807, 2.05) is 24.3 Å². The van der Waals surface area contributed by atoms with Gasteiger partial charge in [0.05, 0.1) is 11.1 Å². The maximum Gasteiger partial charge on any atom is 0.276 e. The minimum Gasteiger partial charge on any atom is -0.492 e. The van der Waals surface area contributed by atoms with Gasteiger partial charge in [-0.05, 0) is 64.2 Å². The molecule has 0 spiro atoms. The molecule has 2 aromatic rings. The van der Waals surface area contributed by atoms with Crippen molar-refractivity contribution in [3.05, 3.63) is 58.1 Å². The number of benzene rings is 2. The van der Waals surface area contributed by atoms with Gasteiger partial charge in [-0.3, -0.25) is 20.4 Å². The van der Waals surface area contributed by atoms with Crippen LogP contribution in [-0.2, 0) is 4.79 Å². The molecule has 0 aromatic heterocycles. The van der Waals surface area contributed by atoms with Gasteiger partial charge < -0.3 is 9.47 Å². The van der Waals surface area contributed by atoms with E-state index >= 15 is 0 Å². The molecule has 0 saturated carbocycles. The first-order valence-electron chi connectivity index (χ1n) is 10.6. The van der Waals surface area contributed by atoms with Crippen LogP contribution in [0.5, 0.6) is 11.5 Å². The fourth-order valence-electron chi connectivity index (χ4n) is 2.80. The monoisotopic (exact) mass is 490 g/mol. The lowest BCUT2D eigenvalue weighted by Gasteiger charge is -2.11. The van der Waals surface area contributed by atoms with Crippen LogP contribution >= 0.6 is 15.9 Å². The van der Waals surface area contributed by atoms with Crippen molar-refractivity contribution in [1.82, 2.24) is 10.9 Å². The second kappa shape index (κ2) is 13.0. The normalized spacial score (nSPS) is 10.6. The molecule has 6 nitrogen and oxygen atoms in total. The Morgan fingerprint density at radius 1 is 0.968 bits per heavy atom. The van der Waals surface area contributed by atoms with E-state index in [0.29, 0.717) is 34.1 Å². The highest BCUT2D eigenvalue weighted by Crippen LogP contribution is 2.26. The molecule has 7 heteroatoms. The summed E-state index contributed by atoms with van der Waals surface area (Å²) >= 11 is 3.43. The van der Waals surface area contributed by atoms with Crippen molar-refractivity contribution in [2.75, 3.05) is 13.2 Å². The lowest BCUT2D eigenvalue weighted by atomic mass is 10.0. The number of carbonyl (C=O) groups excluding carboxylic acids is 2. The van der Waals surface area contributed by atoms with Crippen LogP contribution in [-0.4, -0.2) is 25.0 Å². The number of hydrogen-bond acceptors (Lipinski definition) is 4. The number of unbranched alkanes of at least 4 members (excludes halogenated alkanes) is 3. The van der Waals surface area contributed by atoms with E-state index in [1.165, 1.54) is 18.4 Å². The SMILES string of the molecule is CCCCCCOc1ccc(C(=O)NNC(=O)COc2ccc(C(C)C)cc2)cc1Br. The van der Waals surface area contributed by atoms with Gasteiger partial charge in [-0.25, -0.2) is 0 Å². The van der Waals surface area contributed by atoms with E-state index in [9.17, 15) is 9.59 Å². The maximum atomic E-state index is 12.3. The Balaban J connectivity index is 1.75. The van der Waals surface area contributed by atoms with Gasteiger partial charge in [-0.15, -0.1) is 0 Å². The molecule has 2 aromatic carbocycles. The first-order valence-corrected chi connectivity index (χ1v) is 11.4. The molecule has 2 rings (SSSR count). The second-order valence-corrected chi connectivity index (χ2v) is 8.42. The number of hydrogen-bond donors (Lipinski definition) is 2. The molecule has 0 aliphatic heterocycles. The minimum absolute atomic E-state index is 0.199. The zero-order chi connectivity index (χ0) is 22.6. The molecule has 0 aliphatic rings. The van der Waals surface area contributed by atoms with Gasteiger partial charge in [0, 0.05) is 5.56 Å². The summed E-state index contributed by atoms with van der Waals surface area (Å²) < 4.78 is 11.9. The van der Waals surface area contributed by atoms with Gasteiger partial charge in [0.15, 0.2) is 6.61 Å². The molecule has 0 fully saturated rings. The van der Waals surface area contributed by atoms with Gasteiger partial charge in [0.2, 0.25) is 0 Å². The Morgan fingerprint density at radius 3 is 2.35 bits per heavy atom. The molecule has 168 valence electrons. The Hall–Kier alpha value is -2.54. The van der Waals surface area contributed by atoms with Crippen LogP contribution in [0.2, 0.25) is 0 Å². The number of nitrogens with one attached hydrogen (secondary N) is 2. The Labute approximate surface area is 192 Å². The summed E-state index contributed by atoms with van der Waals surface area (Å²) in [6, 6.07) is 12.6. The molecular formula is C24H31BrN2O4. The molecule has 31 heavy (non-hydrogen) atoms. The van der Waals surface area contributed by atoms with Crippen molar-refractivity contribution < 1.29 is 19.1 Å². The van der Waals surface area contributed by atoms with E-state index in [1.54, 1.807) is 18.2 Å². The average molecular weight is 491 g/mol. The molecule has 0 heterocycles. The second-order valence-electron chi connectivity index (χ2n) is 7.57. The highest BCUT2D eigenvalue weighted by molar-refractivity contribution is 9.10. The van der Waals surface area contributed by atoms with Crippen molar-refractivity contribution in [3.63, 3.8) is 0 Å². The largest absolute Gasteiger partial charge is 0.492 e. The standard InChI is InChI=1S/C24H31BrN2O4/c1-4-5-6-7-14-30-22-13-10-19(15-21(22)25)24(29)27-26-23(28)16-31-20-11-8-18(9-12-20)17(2)3/h8-13,15,17H,4-7,14,16H2,1-3H3,(H,26,28)(H,27,29). The van der Waals surface area contributed by atoms with Crippen molar-refractivity contribution in [2.24, 2.45) is 0 Å². The minimum atomic E-state index is -0.451. The van der Waals surface area contributed by atoms with E-state index in [-0.39, 0.29) is 6.61 Å². The van der Waals surface area contributed by atoms with Crippen molar-refractivity contribution in [3.8, 4) is 11.5 Å².